The second kappa shape index (κ2) is 7.13. The van der Waals surface area contributed by atoms with E-state index in [1.54, 1.807) is 7.11 Å². The molecular formula is C15H28O3. The van der Waals surface area contributed by atoms with Gasteiger partial charge in [0.15, 0.2) is 0 Å². The zero-order valence-corrected chi connectivity index (χ0v) is 12.3. The van der Waals surface area contributed by atoms with E-state index in [1.165, 1.54) is 20.0 Å². The standard InChI is InChI=1S/C15H28O3/c1-12(2)9-10-15(11-17-3,14(16)18-4)13-7-5-6-8-13/h12-13H,5-11H2,1-4H3. The van der Waals surface area contributed by atoms with Crippen molar-refractivity contribution in [2.24, 2.45) is 17.3 Å². The highest BCUT2D eigenvalue weighted by Crippen LogP contribution is 2.44. The summed E-state index contributed by atoms with van der Waals surface area (Å²) in [4.78, 5) is 12.3. The largest absolute Gasteiger partial charge is 0.469 e. The molecule has 0 spiro atoms. The highest BCUT2D eigenvalue weighted by atomic mass is 16.5. The van der Waals surface area contributed by atoms with Gasteiger partial charge in [0.2, 0.25) is 0 Å². The minimum Gasteiger partial charge on any atom is -0.469 e. The minimum atomic E-state index is -0.412. The SMILES string of the molecule is COCC(CCC(C)C)(C(=O)OC)C1CCCC1. The van der Waals surface area contributed by atoms with Crippen LogP contribution in [0.15, 0.2) is 0 Å². The Morgan fingerprint density at radius 3 is 2.33 bits per heavy atom. The average Bonchev–Trinajstić information content (AvgIpc) is 2.87. The summed E-state index contributed by atoms with van der Waals surface area (Å²) < 4.78 is 10.5. The summed E-state index contributed by atoms with van der Waals surface area (Å²) in [6.07, 6.45) is 6.67. The molecule has 1 aliphatic rings. The molecule has 0 aromatic heterocycles. The van der Waals surface area contributed by atoms with Crippen LogP contribution in [0.2, 0.25) is 0 Å². The Hall–Kier alpha value is -0.570. The van der Waals surface area contributed by atoms with Gasteiger partial charge in [-0.3, -0.25) is 4.79 Å². The minimum absolute atomic E-state index is 0.0723. The second-order valence-corrected chi connectivity index (χ2v) is 5.99. The Labute approximate surface area is 111 Å². The fourth-order valence-corrected chi connectivity index (χ4v) is 3.21. The van der Waals surface area contributed by atoms with Crippen molar-refractivity contribution in [3.63, 3.8) is 0 Å². The van der Waals surface area contributed by atoms with E-state index in [1.807, 2.05) is 0 Å². The average molecular weight is 256 g/mol. The molecule has 1 rings (SSSR count). The van der Waals surface area contributed by atoms with Crippen LogP contribution in [0, 0.1) is 17.3 Å². The smallest absolute Gasteiger partial charge is 0.314 e. The first kappa shape index (κ1) is 15.5. The molecule has 0 radical (unpaired) electrons. The number of rotatable bonds is 7. The van der Waals surface area contributed by atoms with E-state index >= 15 is 0 Å². The van der Waals surface area contributed by atoms with Gasteiger partial charge in [0.05, 0.1) is 19.1 Å². The Morgan fingerprint density at radius 1 is 1.28 bits per heavy atom. The lowest BCUT2D eigenvalue weighted by molar-refractivity contribution is -0.162. The van der Waals surface area contributed by atoms with E-state index in [-0.39, 0.29) is 5.97 Å². The van der Waals surface area contributed by atoms with E-state index < -0.39 is 5.41 Å². The van der Waals surface area contributed by atoms with Crippen LogP contribution in [-0.4, -0.2) is 26.8 Å². The molecule has 0 amide bonds. The molecule has 0 bridgehead atoms. The van der Waals surface area contributed by atoms with Crippen LogP contribution < -0.4 is 0 Å². The summed E-state index contributed by atoms with van der Waals surface area (Å²) in [5.74, 6) is 0.966. The van der Waals surface area contributed by atoms with Crippen molar-refractivity contribution < 1.29 is 14.3 Å². The third-order valence-electron chi connectivity index (χ3n) is 4.30. The van der Waals surface area contributed by atoms with Crippen LogP contribution in [0.5, 0.6) is 0 Å². The first-order valence-electron chi connectivity index (χ1n) is 7.14. The van der Waals surface area contributed by atoms with E-state index in [0.29, 0.717) is 18.4 Å². The monoisotopic (exact) mass is 256 g/mol. The zero-order valence-electron chi connectivity index (χ0n) is 12.3. The quantitative estimate of drug-likeness (QED) is 0.655. The van der Waals surface area contributed by atoms with Crippen molar-refractivity contribution in [2.75, 3.05) is 20.8 Å². The summed E-state index contributed by atoms with van der Waals surface area (Å²) >= 11 is 0. The van der Waals surface area contributed by atoms with Gasteiger partial charge in [-0.15, -0.1) is 0 Å². The molecule has 0 saturated heterocycles. The van der Waals surface area contributed by atoms with E-state index in [4.69, 9.17) is 9.47 Å². The number of esters is 1. The third kappa shape index (κ3) is 3.47. The molecule has 18 heavy (non-hydrogen) atoms. The normalized spacial score (nSPS) is 20.1. The highest BCUT2D eigenvalue weighted by molar-refractivity contribution is 5.77. The van der Waals surface area contributed by atoms with Crippen molar-refractivity contribution in [2.45, 2.75) is 52.4 Å². The fourth-order valence-electron chi connectivity index (χ4n) is 3.21. The van der Waals surface area contributed by atoms with Crippen LogP contribution in [0.25, 0.3) is 0 Å². The Balaban J connectivity index is 2.88. The third-order valence-corrected chi connectivity index (χ3v) is 4.30. The maximum atomic E-state index is 12.3. The van der Waals surface area contributed by atoms with Crippen LogP contribution >= 0.6 is 0 Å². The molecule has 1 aliphatic carbocycles. The maximum absolute atomic E-state index is 12.3. The van der Waals surface area contributed by atoms with E-state index in [0.717, 1.165) is 25.7 Å². The number of methoxy groups -OCH3 is 2. The Bertz CT molecular complexity index is 256. The summed E-state index contributed by atoms with van der Waals surface area (Å²) in [5, 5.41) is 0. The van der Waals surface area contributed by atoms with Gasteiger partial charge in [0.1, 0.15) is 0 Å². The number of carbonyl (C=O) groups is 1. The number of carbonyl (C=O) groups excluding carboxylic acids is 1. The summed E-state index contributed by atoms with van der Waals surface area (Å²) in [7, 11) is 3.18. The van der Waals surface area contributed by atoms with Crippen LogP contribution in [-0.2, 0) is 14.3 Å². The lowest BCUT2D eigenvalue weighted by Gasteiger charge is -2.36. The van der Waals surface area contributed by atoms with Crippen molar-refractivity contribution >= 4 is 5.97 Å². The second-order valence-electron chi connectivity index (χ2n) is 5.99. The molecule has 1 unspecified atom stereocenters. The summed E-state index contributed by atoms with van der Waals surface area (Å²) in [5.41, 5.74) is -0.412. The van der Waals surface area contributed by atoms with Gasteiger partial charge in [-0.05, 0) is 37.5 Å². The fraction of sp³-hybridized carbons (Fsp3) is 0.933. The first-order chi connectivity index (χ1) is 8.56. The van der Waals surface area contributed by atoms with Crippen LogP contribution in [0.1, 0.15) is 52.4 Å². The molecule has 0 heterocycles. The maximum Gasteiger partial charge on any atom is 0.314 e. The lowest BCUT2D eigenvalue weighted by Crippen LogP contribution is -2.43. The van der Waals surface area contributed by atoms with Crippen molar-refractivity contribution in [3.8, 4) is 0 Å². The molecule has 3 nitrogen and oxygen atoms in total. The van der Waals surface area contributed by atoms with E-state index in [2.05, 4.69) is 13.8 Å². The van der Waals surface area contributed by atoms with Gasteiger partial charge < -0.3 is 9.47 Å². The molecule has 106 valence electrons. The molecule has 0 aliphatic heterocycles. The Kier molecular flexibility index (Phi) is 6.13. The van der Waals surface area contributed by atoms with Gasteiger partial charge in [-0.1, -0.05) is 26.7 Å². The Morgan fingerprint density at radius 2 is 1.89 bits per heavy atom. The highest BCUT2D eigenvalue weighted by Gasteiger charge is 2.47. The molecule has 1 fully saturated rings. The molecule has 1 saturated carbocycles. The molecule has 3 heteroatoms. The van der Waals surface area contributed by atoms with Crippen molar-refractivity contribution in [1.82, 2.24) is 0 Å². The predicted molar refractivity (Wildman–Crippen MR) is 72.4 cm³/mol. The molecule has 0 aromatic rings. The van der Waals surface area contributed by atoms with Gasteiger partial charge in [0.25, 0.3) is 0 Å². The van der Waals surface area contributed by atoms with Crippen molar-refractivity contribution in [3.05, 3.63) is 0 Å². The molecular weight excluding hydrogens is 228 g/mol. The summed E-state index contributed by atoms with van der Waals surface area (Å²) in [6, 6.07) is 0. The van der Waals surface area contributed by atoms with Crippen LogP contribution in [0.3, 0.4) is 0 Å². The molecule has 1 atom stereocenters. The first-order valence-corrected chi connectivity index (χ1v) is 7.14. The summed E-state index contributed by atoms with van der Waals surface area (Å²) in [6.45, 7) is 4.89. The van der Waals surface area contributed by atoms with Crippen molar-refractivity contribution in [1.29, 1.82) is 0 Å². The number of hydrogen-bond donors (Lipinski definition) is 0. The zero-order chi connectivity index (χ0) is 13.6. The van der Waals surface area contributed by atoms with Gasteiger partial charge in [-0.2, -0.15) is 0 Å². The van der Waals surface area contributed by atoms with Gasteiger partial charge >= 0.3 is 5.97 Å². The van der Waals surface area contributed by atoms with Gasteiger partial charge in [0, 0.05) is 7.11 Å². The lowest BCUT2D eigenvalue weighted by atomic mass is 9.70. The number of ether oxygens (including phenoxy) is 2. The molecule has 0 aromatic carbocycles. The van der Waals surface area contributed by atoms with Gasteiger partial charge in [-0.25, -0.2) is 0 Å². The van der Waals surface area contributed by atoms with E-state index in [9.17, 15) is 4.79 Å². The van der Waals surface area contributed by atoms with Crippen LogP contribution in [0.4, 0.5) is 0 Å². The predicted octanol–water partition coefficient (Wildman–Crippen LogP) is 3.42. The topological polar surface area (TPSA) is 35.5 Å². The number of hydrogen-bond acceptors (Lipinski definition) is 3. The molecule has 0 N–H and O–H groups in total.